The van der Waals surface area contributed by atoms with E-state index in [0.29, 0.717) is 18.7 Å². The maximum absolute atomic E-state index is 14.0. The van der Waals surface area contributed by atoms with E-state index in [2.05, 4.69) is 25.5 Å². The molecule has 1 N–H and O–H groups in total. The Morgan fingerprint density at radius 1 is 0.977 bits per heavy atom. The average Bonchev–Trinajstić information content (AvgIpc) is 3.36. The van der Waals surface area contributed by atoms with Crippen LogP contribution < -0.4 is 5.32 Å². The van der Waals surface area contributed by atoms with Crippen LogP contribution in [0.25, 0.3) is 11.7 Å². The van der Waals surface area contributed by atoms with Gasteiger partial charge in [0.2, 0.25) is 17.6 Å². The molecule has 2 fully saturated rings. The van der Waals surface area contributed by atoms with Crippen LogP contribution in [-0.2, 0) is 28.3 Å². The topological polar surface area (TPSA) is 103 Å². The minimum absolute atomic E-state index is 0.0328. The number of benzene rings is 2. The minimum atomic E-state index is -5.25. The molecule has 1 spiro atoms. The molecule has 2 atom stereocenters. The molecule has 1 saturated heterocycles. The lowest BCUT2D eigenvalue weighted by molar-refractivity contribution is -0.143. The molecule has 3 heterocycles. The number of aromatic nitrogens is 4. The number of nitrogens with zero attached hydrogens (tertiary/aromatic N) is 4. The molecule has 8 nitrogen and oxygen atoms in total. The summed E-state index contributed by atoms with van der Waals surface area (Å²) in [6.45, 7) is 0.554. The number of hydrogen-bond donors (Lipinski definition) is 1. The van der Waals surface area contributed by atoms with Gasteiger partial charge in [-0.3, -0.25) is 4.79 Å². The molecule has 2 aromatic heterocycles. The third-order valence-electron chi connectivity index (χ3n) is 7.69. The van der Waals surface area contributed by atoms with Gasteiger partial charge < -0.3 is 14.5 Å². The lowest BCUT2D eigenvalue weighted by Crippen LogP contribution is -2.26. The molecular weight excluding hydrogens is 599 g/mol. The maximum atomic E-state index is 14.0. The Hall–Kier alpha value is -4.40. The Kier molecular flexibility index (Phi) is 7.38. The van der Waals surface area contributed by atoms with Gasteiger partial charge in [0.1, 0.15) is 5.82 Å². The number of anilines is 1. The number of alkyl halides is 6. The second-order valence-electron chi connectivity index (χ2n) is 10.8. The second-order valence-corrected chi connectivity index (χ2v) is 10.8. The molecule has 230 valence electrons. The van der Waals surface area contributed by atoms with Crippen LogP contribution in [0.2, 0.25) is 0 Å². The first-order valence-electron chi connectivity index (χ1n) is 13.4. The Balaban J connectivity index is 1.29. The Morgan fingerprint density at radius 3 is 2.30 bits per heavy atom. The van der Waals surface area contributed by atoms with Crippen molar-refractivity contribution in [1.29, 1.82) is 0 Å². The van der Waals surface area contributed by atoms with Crippen LogP contribution in [-0.4, -0.2) is 38.3 Å². The number of carbonyl (C=O) groups excluding carboxylic acids is 1. The van der Waals surface area contributed by atoms with Gasteiger partial charge in [-0.05, 0) is 66.8 Å². The second kappa shape index (κ2) is 10.9. The van der Waals surface area contributed by atoms with Gasteiger partial charge in [-0.15, -0.1) is 10.2 Å². The Morgan fingerprint density at radius 2 is 1.68 bits per heavy atom. The van der Waals surface area contributed by atoms with Crippen molar-refractivity contribution >= 4 is 11.6 Å². The summed E-state index contributed by atoms with van der Waals surface area (Å²) in [6, 6.07) is 5.39. The van der Waals surface area contributed by atoms with E-state index in [-0.39, 0.29) is 40.9 Å². The summed E-state index contributed by atoms with van der Waals surface area (Å²) in [5, 5.41) is 10.1. The number of carbonyl (C=O) groups is 1. The molecule has 15 heteroatoms. The molecule has 1 aliphatic carbocycles. The number of rotatable bonds is 7. The van der Waals surface area contributed by atoms with Crippen LogP contribution in [0, 0.1) is 5.82 Å². The maximum Gasteiger partial charge on any atom is 0.416 e. The molecule has 2 aromatic carbocycles. The van der Waals surface area contributed by atoms with E-state index in [1.807, 2.05) is 0 Å². The van der Waals surface area contributed by atoms with E-state index in [1.54, 1.807) is 12.4 Å². The molecule has 6 rings (SSSR count). The highest BCUT2D eigenvalue weighted by Crippen LogP contribution is 2.51. The van der Waals surface area contributed by atoms with Gasteiger partial charge in [-0.25, -0.2) is 14.4 Å². The number of nitrogens with one attached hydrogen (secondary N) is 1. The van der Waals surface area contributed by atoms with Crippen LogP contribution in [0.1, 0.15) is 59.2 Å². The summed E-state index contributed by atoms with van der Waals surface area (Å²) in [5.74, 6) is -3.70. The van der Waals surface area contributed by atoms with Crippen molar-refractivity contribution in [2.45, 2.75) is 55.5 Å². The molecule has 2 aliphatic rings. The number of amides is 1. The standard InChI is InChI=1S/C29H22F7N5O3/c30-18-2-4-19(5-3-18)39-25(42)21(20-6-1-17(28(31,32)33)9-22(20)29(34,35)36)10-23-40-41-26(44-23)24-37-12-16(13-38-24)15-11-27(7-8-27)43-14-15/h1-6,9,12-13,15,21H,7-8,10-11,14H2,(H,39,42). The summed E-state index contributed by atoms with van der Waals surface area (Å²) in [6.07, 6.45) is -4.83. The van der Waals surface area contributed by atoms with Crippen molar-refractivity contribution < 1.29 is 44.7 Å². The normalized spacial score (nSPS) is 18.4. The summed E-state index contributed by atoms with van der Waals surface area (Å²) in [4.78, 5) is 21.9. The van der Waals surface area contributed by atoms with Gasteiger partial charge in [0, 0.05) is 30.4 Å². The number of ether oxygens (including phenoxy) is 1. The van der Waals surface area contributed by atoms with E-state index in [9.17, 15) is 35.5 Å². The zero-order chi connectivity index (χ0) is 31.3. The monoisotopic (exact) mass is 621 g/mol. The number of hydrogen-bond acceptors (Lipinski definition) is 7. The first-order chi connectivity index (χ1) is 20.8. The molecule has 2 unspecified atom stereocenters. The van der Waals surface area contributed by atoms with E-state index in [0.717, 1.165) is 37.0 Å². The van der Waals surface area contributed by atoms with Crippen molar-refractivity contribution in [3.05, 3.63) is 88.8 Å². The minimum Gasteiger partial charge on any atom is -0.418 e. The van der Waals surface area contributed by atoms with Crippen LogP contribution in [0.5, 0.6) is 0 Å². The Labute approximate surface area is 244 Å². The van der Waals surface area contributed by atoms with Crippen LogP contribution in [0.15, 0.2) is 59.3 Å². The van der Waals surface area contributed by atoms with Crippen LogP contribution in [0.4, 0.5) is 36.4 Å². The summed E-state index contributed by atoms with van der Waals surface area (Å²) in [7, 11) is 0. The molecule has 1 aliphatic heterocycles. The average molecular weight is 622 g/mol. The summed E-state index contributed by atoms with van der Waals surface area (Å²) < 4.78 is 107. The van der Waals surface area contributed by atoms with Gasteiger partial charge in [-0.1, -0.05) is 6.07 Å². The molecule has 44 heavy (non-hydrogen) atoms. The third-order valence-corrected chi connectivity index (χ3v) is 7.69. The van der Waals surface area contributed by atoms with Gasteiger partial charge in [0.15, 0.2) is 0 Å². The molecule has 1 saturated carbocycles. The lowest BCUT2D eigenvalue weighted by Gasteiger charge is -2.22. The van der Waals surface area contributed by atoms with E-state index < -0.39 is 53.1 Å². The number of halogens is 7. The SMILES string of the molecule is O=C(Nc1ccc(F)cc1)C(Cc1nnc(-c2ncc(C3COC4(CC4)C3)cn2)o1)c1ccc(C(F)(F)F)cc1C(F)(F)F. The van der Waals surface area contributed by atoms with E-state index >= 15 is 0 Å². The smallest absolute Gasteiger partial charge is 0.416 e. The zero-order valence-corrected chi connectivity index (χ0v) is 22.5. The molecular formula is C29H22F7N5O3. The fourth-order valence-electron chi connectivity index (χ4n) is 5.20. The van der Waals surface area contributed by atoms with Gasteiger partial charge in [0.25, 0.3) is 5.89 Å². The molecule has 0 radical (unpaired) electrons. The van der Waals surface area contributed by atoms with Crippen LogP contribution >= 0.6 is 0 Å². The fraction of sp³-hybridized carbons (Fsp3) is 0.345. The lowest BCUT2D eigenvalue weighted by atomic mass is 9.89. The highest BCUT2D eigenvalue weighted by molar-refractivity contribution is 5.96. The van der Waals surface area contributed by atoms with Crippen molar-refractivity contribution in [3.8, 4) is 11.7 Å². The van der Waals surface area contributed by atoms with Crippen LogP contribution in [0.3, 0.4) is 0 Å². The predicted octanol–water partition coefficient (Wildman–Crippen LogP) is 6.70. The highest BCUT2D eigenvalue weighted by Gasteiger charge is 2.50. The largest absolute Gasteiger partial charge is 0.418 e. The third kappa shape index (κ3) is 6.27. The van der Waals surface area contributed by atoms with Crippen molar-refractivity contribution in [2.24, 2.45) is 0 Å². The van der Waals surface area contributed by atoms with Gasteiger partial charge in [0.05, 0.1) is 29.3 Å². The van der Waals surface area contributed by atoms with Gasteiger partial charge >= 0.3 is 12.4 Å². The predicted molar refractivity (Wildman–Crippen MR) is 139 cm³/mol. The van der Waals surface area contributed by atoms with E-state index in [4.69, 9.17) is 9.15 Å². The molecule has 4 aromatic rings. The Bertz CT molecular complexity index is 1670. The first-order valence-corrected chi connectivity index (χ1v) is 13.4. The zero-order valence-electron chi connectivity index (χ0n) is 22.5. The van der Waals surface area contributed by atoms with Crippen molar-refractivity contribution in [1.82, 2.24) is 20.2 Å². The van der Waals surface area contributed by atoms with Gasteiger partial charge in [-0.2, -0.15) is 26.3 Å². The molecule has 0 bridgehead atoms. The molecule has 1 amide bonds. The quantitative estimate of drug-likeness (QED) is 0.229. The fourth-order valence-corrected chi connectivity index (χ4v) is 5.20. The van der Waals surface area contributed by atoms with E-state index in [1.165, 1.54) is 12.1 Å². The highest BCUT2D eigenvalue weighted by atomic mass is 19.4. The summed E-state index contributed by atoms with van der Waals surface area (Å²) in [5.41, 5.74) is -3.09. The first kappa shape index (κ1) is 29.7. The summed E-state index contributed by atoms with van der Waals surface area (Å²) >= 11 is 0. The van der Waals surface area contributed by atoms with Crippen molar-refractivity contribution in [2.75, 3.05) is 11.9 Å². The van der Waals surface area contributed by atoms with Crippen molar-refractivity contribution in [3.63, 3.8) is 0 Å².